The average Bonchev–Trinajstić information content (AvgIpc) is 3.12. The molecular weight excluding hydrogens is 393 g/mol. The molecule has 154 valence electrons. The first-order valence-electron chi connectivity index (χ1n) is 9.51. The number of aromatic nitrogens is 3. The molecule has 9 heteroatoms. The third-order valence-corrected chi connectivity index (χ3v) is 6.32. The fourth-order valence-electron chi connectivity index (χ4n) is 2.91. The van der Waals surface area contributed by atoms with Crippen molar-refractivity contribution in [2.75, 3.05) is 12.8 Å². The lowest BCUT2D eigenvalue weighted by Gasteiger charge is -2.13. The third kappa shape index (κ3) is 4.97. The molecule has 0 saturated heterocycles. The van der Waals surface area contributed by atoms with Gasteiger partial charge >= 0.3 is 0 Å². The van der Waals surface area contributed by atoms with Crippen LogP contribution in [-0.4, -0.2) is 46.2 Å². The number of nitrogens with zero attached hydrogens (tertiary/aromatic N) is 5. The Morgan fingerprint density at radius 1 is 1.21 bits per heavy atom. The summed E-state index contributed by atoms with van der Waals surface area (Å²) in [6, 6.07) is 6.83. The summed E-state index contributed by atoms with van der Waals surface area (Å²) in [6.07, 6.45) is 9.71. The van der Waals surface area contributed by atoms with Crippen molar-refractivity contribution in [3.05, 3.63) is 54.5 Å². The summed E-state index contributed by atoms with van der Waals surface area (Å²) in [7, 11) is -2.03. The summed E-state index contributed by atoms with van der Waals surface area (Å²) in [5.74, 6) is -0.491. The van der Waals surface area contributed by atoms with E-state index < -0.39 is 16.0 Å². The summed E-state index contributed by atoms with van der Waals surface area (Å²) in [6.45, 7) is 2.08. The van der Waals surface area contributed by atoms with Crippen LogP contribution >= 0.6 is 0 Å². The lowest BCUT2D eigenvalue weighted by Crippen LogP contribution is -2.24. The van der Waals surface area contributed by atoms with Gasteiger partial charge in [-0.1, -0.05) is 26.2 Å². The van der Waals surface area contributed by atoms with Gasteiger partial charge in [0.2, 0.25) is 16.0 Å². The molecule has 0 aromatic carbocycles. The molecule has 0 N–H and O–H groups in total. The monoisotopic (exact) mass is 417 g/mol. The lowest BCUT2D eigenvalue weighted by molar-refractivity contribution is 0.487. The minimum Gasteiger partial charge on any atom is -0.298 e. The molecule has 0 atom stereocenters. The van der Waals surface area contributed by atoms with E-state index in [-0.39, 0.29) is 5.75 Å². The molecule has 0 fully saturated rings. The van der Waals surface area contributed by atoms with Crippen LogP contribution in [0.1, 0.15) is 38.3 Å². The fourth-order valence-corrected chi connectivity index (χ4v) is 3.94. The normalized spacial score (nSPS) is 12.1. The van der Waals surface area contributed by atoms with Gasteiger partial charge in [0.15, 0.2) is 0 Å². The number of fused-ring (bicyclic) bond motifs is 1. The summed E-state index contributed by atoms with van der Waals surface area (Å²) < 4.78 is 41.4. The Kier molecular flexibility index (Phi) is 6.58. The highest BCUT2D eigenvalue weighted by atomic mass is 32.2. The minimum atomic E-state index is -3.46. The molecule has 0 radical (unpaired) electrons. The smallest absolute Gasteiger partial charge is 0.249 e. The SMILES string of the molecule is CCCCCCS(=O)(=O)N(C)/N=C/c1cnc2ccc(-c3cccnc3F)cn12. The molecule has 0 spiro atoms. The van der Waals surface area contributed by atoms with Gasteiger partial charge < -0.3 is 0 Å². The topological polar surface area (TPSA) is 79.9 Å². The molecule has 3 heterocycles. The molecule has 3 aromatic rings. The van der Waals surface area contributed by atoms with Crippen LogP contribution < -0.4 is 0 Å². The number of hydrogen-bond donors (Lipinski definition) is 0. The number of hydrazone groups is 1. The highest BCUT2D eigenvalue weighted by molar-refractivity contribution is 7.89. The van der Waals surface area contributed by atoms with Crippen molar-refractivity contribution < 1.29 is 12.8 Å². The highest BCUT2D eigenvalue weighted by Crippen LogP contribution is 2.22. The highest BCUT2D eigenvalue weighted by Gasteiger charge is 2.15. The van der Waals surface area contributed by atoms with E-state index in [0.717, 1.165) is 23.7 Å². The van der Waals surface area contributed by atoms with Crippen LogP contribution in [-0.2, 0) is 10.0 Å². The number of rotatable bonds is 9. The van der Waals surface area contributed by atoms with Crippen molar-refractivity contribution in [2.24, 2.45) is 5.10 Å². The molecule has 29 heavy (non-hydrogen) atoms. The summed E-state index contributed by atoms with van der Waals surface area (Å²) in [5.41, 5.74) is 2.23. The van der Waals surface area contributed by atoms with Gasteiger partial charge in [0.25, 0.3) is 0 Å². The molecule has 0 saturated carbocycles. The molecule has 0 aliphatic rings. The van der Waals surface area contributed by atoms with Crippen LogP contribution in [0.15, 0.2) is 48.0 Å². The molecule has 7 nitrogen and oxygen atoms in total. The minimum absolute atomic E-state index is 0.0679. The van der Waals surface area contributed by atoms with E-state index >= 15 is 0 Å². The van der Waals surface area contributed by atoms with Crippen molar-refractivity contribution in [3.63, 3.8) is 0 Å². The van der Waals surface area contributed by atoms with Crippen molar-refractivity contribution in [2.45, 2.75) is 32.6 Å². The largest absolute Gasteiger partial charge is 0.298 e. The number of hydrogen-bond acceptors (Lipinski definition) is 5. The Bertz CT molecular complexity index is 1110. The van der Waals surface area contributed by atoms with Gasteiger partial charge in [-0.15, -0.1) is 0 Å². The van der Waals surface area contributed by atoms with Gasteiger partial charge in [-0.25, -0.2) is 18.4 Å². The molecule has 3 aromatic heterocycles. The number of pyridine rings is 2. The van der Waals surface area contributed by atoms with Crippen molar-refractivity contribution >= 4 is 21.9 Å². The van der Waals surface area contributed by atoms with E-state index in [1.54, 1.807) is 41.1 Å². The Balaban J connectivity index is 1.81. The van der Waals surface area contributed by atoms with E-state index in [1.807, 2.05) is 0 Å². The van der Waals surface area contributed by atoms with Gasteiger partial charge in [-0.3, -0.25) is 4.40 Å². The van der Waals surface area contributed by atoms with E-state index in [0.29, 0.717) is 28.9 Å². The average molecular weight is 418 g/mol. The zero-order valence-corrected chi connectivity index (χ0v) is 17.3. The van der Waals surface area contributed by atoms with Crippen LogP contribution in [0.3, 0.4) is 0 Å². The number of sulfonamides is 1. The fraction of sp³-hybridized carbons (Fsp3) is 0.350. The van der Waals surface area contributed by atoms with E-state index in [4.69, 9.17) is 0 Å². The molecule has 0 amide bonds. The summed E-state index contributed by atoms with van der Waals surface area (Å²) in [4.78, 5) is 7.96. The Morgan fingerprint density at radius 3 is 2.79 bits per heavy atom. The Hall–Kier alpha value is -2.81. The second-order valence-corrected chi connectivity index (χ2v) is 8.83. The van der Waals surface area contributed by atoms with Gasteiger partial charge in [0.1, 0.15) is 5.65 Å². The molecule has 0 unspecified atom stereocenters. The Morgan fingerprint density at radius 2 is 2.03 bits per heavy atom. The maximum atomic E-state index is 14.0. The van der Waals surface area contributed by atoms with Gasteiger partial charge in [0, 0.05) is 30.6 Å². The number of unbranched alkanes of at least 4 members (excludes halogenated alkanes) is 3. The van der Waals surface area contributed by atoms with E-state index in [1.165, 1.54) is 19.5 Å². The van der Waals surface area contributed by atoms with Crippen LogP contribution in [0.4, 0.5) is 4.39 Å². The van der Waals surface area contributed by atoms with E-state index in [9.17, 15) is 12.8 Å². The predicted molar refractivity (Wildman–Crippen MR) is 112 cm³/mol. The summed E-state index contributed by atoms with van der Waals surface area (Å²) in [5, 5.41) is 4.08. The quantitative estimate of drug-likeness (QED) is 0.230. The molecule has 0 aliphatic carbocycles. The van der Waals surface area contributed by atoms with Crippen LogP contribution in [0.2, 0.25) is 0 Å². The second kappa shape index (κ2) is 9.13. The Labute approximate surface area is 170 Å². The first-order chi connectivity index (χ1) is 13.9. The standard InChI is InChI=1S/C20H24FN5O2S/c1-3-4-5-6-12-29(27,28)25(2)24-14-17-13-23-19-10-9-16(15-26(17)19)18-8-7-11-22-20(18)21/h7-11,13-15H,3-6,12H2,1-2H3/b24-14+. The third-order valence-electron chi connectivity index (χ3n) is 4.62. The number of imidazole rings is 1. The molecule has 3 rings (SSSR count). The van der Waals surface area contributed by atoms with Crippen molar-refractivity contribution in [1.82, 2.24) is 18.8 Å². The van der Waals surface area contributed by atoms with Crippen molar-refractivity contribution in [3.8, 4) is 11.1 Å². The maximum Gasteiger partial charge on any atom is 0.249 e. The van der Waals surface area contributed by atoms with Crippen LogP contribution in [0.5, 0.6) is 0 Å². The second-order valence-electron chi connectivity index (χ2n) is 6.73. The van der Waals surface area contributed by atoms with Gasteiger partial charge in [-0.2, -0.15) is 13.9 Å². The predicted octanol–water partition coefficient (Wildman–Crippen LogP) is 3.71. The summed E-state index contributed by atoms with van der Waals surface area (Å²) >= 11 is 0. The van der Waals surface area contributed by atoms with Crippen LogP contribution in [0, 0.1) is 5.95 Å². The van der Waals surface area contributed by atoms with Crippen molar-refractivity contribution in [1.29, 1.82) is 0 Å². The lowest BCUT2D eigenvalue weighted by atomic mass is 10.1. The first-order valence-corrected chi connectivity index (χ1v) is 11.1. The van der Waals surface area contributed by atoms with Crippen LogP contribution in [0.25, 0.3) is 16.8 Å². The molecule has 0 bridgehead atoms. The number of halogens is 1. The zero-order valence-electron chi connectivity index (χ0n) is 16.5. The first kappa shape index (κ1) is 20.9. The maximum absolute atomic E-state index is 14.0. The zero-order chi connectivity index (χ0) is 20.9. The molecular formula is C20H24FN5O2S. The molecule has 0 aliphatic heterocycles. The van der Waals surface area contributed by atoms with Gasteiger partial charge in [0.05, 0.1) is 23.9 Å². The van der Waals surface area contributed by atoms with Gasteiger partial charge in [-0.05, 0) is 30.7 Å². The van der Waals surface area contributed by atoms with E-state index in [2.05, 4.69) is 22.0 Å².